The van der Waals surface area contributed by atoms with E-state index in [0.29, 0.717) is 22.7 Å². The number of fused-ring (bicyclic) bond motifs is 1. The van der Waals surface area contributed by atoms with Gasteiger partial charge in [0.2, 0.25) is 5.82 Å². The van der Waals surface area contributed by atoms with Crippen LogP contribution in [-0.4, -0.2) is 23.3 Å². The largest absolute Gasteiger partial charge is 0.497 e. The third kappa shape index (κ3) is 4.14. The Bertz CT molecular complexity index is 1530. The van der Waals surface area contributed by atoms with Crippen LogP contribution in [0.25, 0.3) is 17.0 Å². The Morgan fingerprint density at radius 2 is 1.86 bits per heavy atom. The normalized spacial score (nSPS) is 17.1. The van der Waals surface area contributed by atoms with Crippen molar-refractivity contribution in [3.05, 3.63) is 101 Å². The summed E-state index contributed by atoms with van der Waals surface area (Å²) in [7, 11) is 1.60. The molecule has 1 aromatic heterocycles. The molecule has 1 aliphatic heterocycles. The molecule has 37 heavy (non-hydrogen) atoms. The van der Waals surface area contributed by atoms with Crippen molar-refractivity contribution in [1.82, 2.24) is 15.5 Å². The highest BCUT2D eigenvalue weighted by molar-refractivity contribution is 6.01. The minimum atomic E-state index is -0.668. The monoisotopic (exact) mass is 496 g/mol. The van der Waals surface area contributed by atoms with Crippen LogP contribution in [0.2, 0.25) is 0 Å². The van der Waals surface area contributed by atoms with Gasteiger partial charge in [-0.1, -0.05) is 23.4 Å². The van der Waals surface area contributed by atoms with Gasteiger partial charge in [-0.25, -0.2) is 9.18 Å². The number of nitrogens with one attached hydrogen (secondary N) is 1. The van der Waals surface area contributed by atoms with Crippen LogP contribution in [0.4, 0.5) is 14.9 Å². The molecule has 2 amide bonds. The third-order valence-corrected chi connectivity index (χ3v) is 7.01. The van der Waals surface area contributed by atoms with Crippen LogP contribution in [0.1, 0.15) is 42.0 Å². The minimum absolute atomic E-state index is 0.253. The molecule has 1 N–H and O–H groups in total. The fraction of sp³-hybridized carbons (Fsp3) is 0.207. The number of anilines is 1. The molecule has 0 radical (unpaired) electrons. The predicted octanol–water partition coefficient (Wildman–Crippen LogP) is 6.08. The number of benzene rings is 3. The molecule has 0 bridgehead atoms. The second kappa shape index (κ2) is 9.20. The first-order valence-electron chi connectivity index (χ1n) is 12.2. The number of urea groups is 1. The van der Waals surface area contributed by atoms with E-state index >= 15 is 0 Å². The van der Waals surface area contributed by atoms with Crippen LogP contribution in [0.5, 0.6) is 5.75 Å². The molecule has 2 heterocycles. The van der Waals surface area contributed by atoms with Gasteiger partial charge in [-0.05, 0) is 91.4 Å². The van der Waals surface area contributed by atoms with Crippen LogP contribution in [0, 0.1) is 5.82 Å². The Morgan fingerprint density at radius 3 is 2.65 bits per heavy atom. The van der Waals surface area contributed by atoms with Crippen molar-refractivity contribution in [3.8, 4) is 17.1 Å². The predicted molar refractivity (Wildman–Crippen MR) is 137 cm³/mol. The first kappa shape index (κ1) is 23.0. The first-order valence-corrected chi connectivity index (χ1v) is 12.2. The summed E-state index contributed by atoms with van der Waals surface area (Å²) < 4.78 is 25.2. The summed E-state index contributed by atoms with van der Waals surface area (Å²) in [5, 5.41) is 7.23. The van der Waals surface area contributed by atoms with Crippen LogP contribution in [0.15, 0.2) is 77.0 Å². The summed E-state index contributed by atoms with van der Waals surface area (Å²) in [5.74, 6) is 0.979. The highest BCUT2D eigenvalue weighted by Crippen LogP contribution is 2.40. The van der Waals surface area contributed by atoms with E-state index in [1.165, 1.54) is 23.3 Å². The van der Waals surface area contributed by atoms with Gasteiger partial charge in [-0.2, -0.15) is 4.98 Å². The van der Waals surface area contributed by atoms with Gasteiger partial charge in [0.25, 0.3) is 5.89 Å². The number of halogens is 1. The number of ether oxygens (including phenoxy) is 1. The van der Waals surface area contributed by atoms with E-state index in [0.717, 1.165) is 36.3 Å². The molecule has 1 unspecified atom stereocenters. The lowest BCUT2D eigenvalue weighted by molar-refractivity contribution is 0.244. The molecule has 1 atom stereocenters. The minimum Gasteiger partial charge on any atom is -0.497 e. The zero-order valence-corrected chi connectivity index (χ0v) is 20.5. The first-order chi connectivity index (χ1) is 18.0. The third-order valence-electron chi connectivity index (χ3n) is 7.01. The van der Waals surface area contributed by atoms with Crippen molar-refractivity contribution in [2.24, 2.45) is 0 Å². The maximum absolute atomic E-state index is 14.2. The highest BCUT2D eigenvalue weighted by Gasteiger charge is 2.37. The lowest BCUT2D eigenvalue weighted by Crippen LogP contribution is -2.46. The van der Waals surface area contributed by atoms with Gasteiger partial charge in [-0.15, -0.1) is 0 Å². The molecule has 0 saturated heterocycles. The van der Waals surface area contributed by atoms with Crippen molar-refractivity contribution >= 4 is 17.3 Å². The van der Waals surface area contributed by atoms with Crippen molar-refractivity contribution in [3.63, 3.8) is 0 Å². The molecule has 0 saturated carbocycles. The van der Waals surface area contributed by atoms with E-state index in [2.05, 4.69) is 27.6 Å². The van der Waals surface area contributed by atoms with E-state index < -0.39 is 11.9 Å². The van der Waals surface area contributed by atoms with Crippen molar-refractivity contribution < 1.29 is 18.4 Å². The molecule has 7 nitrogen and oxygen atoms in total. The van der Waals surface area contributed by atoms with Gasteiger partial charge in [0.15, 0.2) is 0 Å². The van der Waals surface area contributed by atoms with E-state index in [1.54, 1.807) is 24.1 Å². The fourth-order valence-electron chi connectivity index (χ4n) is 5.15. The van der Waals surface area contributed by atoms with Gasteiger partial charge < -0.3 is 14.6 Å². The Labute approximate surface area is 213 Å². The van der Waals surface area contributed by atoms with Gasteiger partial charge in [0, 0.05) is 11.3 Å². The number of rotatable bonds is 5. The number of methoxy groups -OCH3 is 1. The summed E-state index contributed by atoms with van der Waals surface area (Å²) in [5.41, 5.74) is 5.93. The lowest BCUT2D eigenvalue weighted by atomic mass is 9.94. The molecule has 8 heteroatoms. The smallest absolute Gasteiger partial charge is 0.326 e. The highest BCUT2D eigenvalue weighted by atomic mass is 19.1. The SMILES string of the molecule is COc1ccc(-c2noc(C3=C(C)N(c4ccc5c(c4)CCC5)C(=O)NC3c3cccc(F)c3)n2)cc1. The number of allylic oxidation sites excluding steroid dienone is 1. The average Bonchev–Trinajstić information content (AvgIpc) is 3.58. The zero-order valence-electron chi connectivity index (χ0n) is 20.5. The Kier molecular flexibility index (Phi) is 5.71. The molecular formula is C29H25FN4O3. The van der Waals surface area contributed by atoms with Gasteiger partial charge in [-0.3, -0.25) is 4.90 Å². The van der Waals surface area contributed by atoms with Crippen molar-refractivity contribution in [1.29, 1.82) is 0 Å². The molecule has 0 spiro atoms. The number of carbonyl (C=O) groups excluding carboxylic acids is 1. The number of aryl methyl sites for hydroxylation is 2. The summed E-state index contributed by atoms with van der Waals surface area (Å²) >= 11 is 0. The van der Waals surface area contributed by atoms with E-state index in [9.17, 15) is 9.18 Å². The Hall–Kier alpha value is -4.46. The van der Waals surface area contributed by atoms with Crippen LogP contribution in [-0.2, 0) is 12.8 Å². The van der Waals surface area contributed by atoms with Crippen LogP contribution < -0.4 is 15.0 Å². The van der Waals surface area contributed by atoms with Gasteiger partial charge >= 0.3 is 6.03 Å². The second-order valence-corrected chi connectivity index (χ2v) is 9.23. The maximum atomic E-state index is 14.2. The van der Waals surface area contributed by atoms with Crippen molar-refractivity contribution in [2.45, 2.75) is 32.2 Å². The van der Waals surface area contributed by atoms with Gasteiger partial charge in [0.1, 0.15) is 11.6 Å². The number of amides is 2. The molecule has 1 aliphatic carbocycles. The van der Waals surface area contributed by atoms with E-state index in [1.807, 2.05) is 37.3 Å². The quantitative estimate of drug-likeness (QED) is 0.362. The summed E-state index contributed by atoms with van der Waals surface area (Å²) in [4.78, 5) is 19.7. The number of carbonyl (C=O) groups is 1. The summed E-state index contributed by atoms with van der Waals surface area (Å²) in [6.45, 7) is 1.85. The average molecular weight is 497 g/mol. The molecule has 186 valence electrons. The van der Waals surface area contributed by atoms with Crippen LogP contribution in [0.3, 0.4) is 0 Å². The van der Waals surface area contributed by atoms with Crippen LogP contribution >= 0.6 is 0 Å². The molecule has 3 aromatic carbocycles. The van der Waals surface area contributed by atoms with E-state index in [-0.39, 0.29) is 11.9 Å². The second-order valence-electron chi connectivity index (χ2n) is 9.23. The topological polar surface area (TPSA) is 80.5 Å². The lowest BCUT2D eigenvalue weighted by Gasteiger charge is -2.35. The number of hydrogen-bond donors (Lipinski definition) is 1. The van der Waals surface area contributed by atoms with Gasteiger partial charge in [0.05, 0.1) is 24.4 Å². The number of nitrogens with zero attached hydrogens (tertiary/aromatic N) is 3. The standard InChI is InChI=1S/C29H25FN4O3/c1-17-25(28-32-27(33-37-28)19-10-13-24(36-2)14-11-19)26(21-7-4-8-22(30)15-21)31-29(35)34(17)23-12-9-18-5-3-6-20(18)16-23/h4,7-16,26H,3,5-6H2,1-2H3,(H,31,35). The fourth-order valence-corrected chi connectivity index (χ4v) is 5.15. The molecule has 2 aliphatic rings. The summed E-state index contributed by atoms with van der Waals surface area (Å²) in [6.07, 6.45) is 3.16. The molecule has 4 aromatic rings. The molecule has 0 fully saturated rings. The van der Waals surface area contributed by atoms with E-state index in [4.69, 9.17) is 9.26 Å². The number of aromatic nitrogens is 2. The summed E-state index contributed by atoms with van der Waals surface area (Å²) in [6, 6.07) is 18.7. The number of hydrogen-bond acceptors (Lipinski definition) is 5. The van der Waals surface area contributed by atoms with Crippen molar-refractivity contribution in [2.75, 3.05) is 12.0 Å². The molecule has 6 rings (SSSR count). The Balaban J connectivity index is 1.47. The Morgan fingerprint density at radius 1 is 1.05 bits per heavy atom. The zero-order chi connectivity index (χ0) is 25.5. The molecular weight excluding hydrogens is 471 g/mol. The maximum Gasteiger partial charge on any atom is 0.326 e.